The van der Waals surface area contributed by atoms with E-state index in [9.17, 15) is 4.39 Å². The van der Waals surface area contributed by atoms with E-state index in [0.29, 0.717) is 5.25 Å². The van der Waals surface area contributed by atoms with E-state index >= 15 is 0 Å². The van der Waals surface area contributed by atoms with Gasteiger partial charge in [-0.05, 0) is 55.8 Å². The molecular weight excluding hydrogens is 221 g/mol. The van der Waals surface area contributed by atoms with Crippen LogP contribution in [-0.2, 0) is 0 Å². The van der Waals surface area contributed by atoms with Gasteiger partial charge < -0.3 is 5.32 Å². The van der Waals surface area contributed by atoms with Crippen LogP contribution < -0.4 is 5.32 Å². The summed E-state index contributed by atoms with van der Waals surface area (Å²) in [6.07, 6.45) is 2.51. The third-order valence-electron chi connectivity index (χ3n) is 3.22. The van der Waals surface area contributed by atoms with Crippen LogP contribution in [0.5, 0.6) is 0 Å². The maximum absolute atomic E-state index is 13.3. The Labute approximate surface area is 101 Å². The highest BCUT2D eigenvalue weighted by atomic mass is 32.2. The molecule has 16 heavy (non-hydrogen) atoms. The first-order valence-corrected chi connectivity index (χ1v) is 6.82. The molecule has 0 saturated carbocycles. The summed E-state index contributed by atoms with van der Waals surface area (Å²) in [6.45, 7) is 2.05. The maximum Gasteiger partial charge on any atom is 0.123 e. The molecule has 0 bridgehead atoms. The van der Waals surface area contributed by atoms with Crippen LogP contribution in [0.1, 0.15) is 30.0 Å². The van der Waals surface area contributed by atoms with Crippen molar-refractivity contribution >= 4 is 11.8 Å². The summed E-state index contributed by atoms with van der Waals surface area (Å²) >= 11 is 2.00. The Morgan fingerprint density at radius 2 is 2.31 bits per heavy atom. The summed E-state index contributed by atoms with van der Waals surface area (Å²) in [4.78, 5) is 0. The lowest BCUT2D eigenvalue weighted by atomic mass is 9.96. The molecule has 1 heterocycles. The highest BCUT2D eigenvalue weighted by Gasteiger charge is 2.26. The van der Waals surface area contributed by atoms with Crippen molar-refractivity contribution in [3.05, 3.63) is 35.1 Å². The van der Waals surface area contributed by atoms with E-state index in [1.807, 2.05) is 24.9 Å². The van der Waals surface area contributed by atoms with Crippen LogP contribution in [0.2, 0.25) is 0 Å². The molecule has 2 atom stereocenters. The van der Waals surface area contributed by atoms with Gasteiger partial charge in [0, 0.05) is 11.3 Å². The van der Waals surface area contributed by atoms with E-state index in [4.69, 9.17) is 0 Å². The fourth-order valence-corrected chi connectivity index (χ4v) is 3.80. The second-order valence-electron chi connectivity index (χ2n) is 4.32. The van der Waals surface area contributed by atoms with Gasteiger partial charge in [0.05, 0.1) is 0 Å². The van der Waals surface area contributed by atoms with Crippen molar-refractivity contribution in [2.45, 2.75) is 31.1 Å². The first kappa shape index (κ1) is 11.9. The number of aryl methyl sites for hydroxylation is 1. The number of rotatable bonds is 3. The highest BCUT2D eigenvalue weighted by Crippen LogP contribution is 2.36. The Bertz CT molecular complexity index is 361. The fraction of sp³-hybridized carbons (Fsp3) is 0.538. The van der Waals surface area contributed by atoms with E-state index in [1.54, 1.807) is 6.07 Å². The molecule has 1 saturated heterocycles. The predicted octanol–water partition coefficient (Wildman–Crippen LogP) is 3.29. The molecule has 3 heteroatoms. The van der Waals surface area contributed by atoms with Crippen LogP contribution in [0.25, 0.3) is 0 Å². The summed E-state index contributed by atoms with van der Waals surface area (Å²) < 4.78 is 13.3. The van der Waals surface area contributed by atoms with Gasteiger partial charge in [0.15, 0.2) is 0 Å². The van der Waals surface area contributed by atoms with Crippen molar-refractivity contribution in [1.82, 2.24) is 5.32 Å². The van der Waals surface area contributed by atoms with Gasteiger partial charge in [-0.25, -0.2) is 4.39 Å². The van der Waals surface area contributed by atoms with Crippen molar-refractivity contribution in [1.29, 1.82) is 0 Å². The largest absolute Gasteiger partial charge is 0.312 e. The molecule has 0 spiro atoms. The van der Waals surface area contributed by atoms with Gasteiger partial charge in [-0.3, -0.25) is 0 Å². The molecule has 0 amide bonds. The molecule has 1 nitrogen and oxygen atoms in total. The highest BCUT2D eigenvalue weighted by molar-refractivity contribution is 8.00. The van der Waals surface area contributed by atoms with Crippen LogP contribution in [0.3, 0.4) is 0 Å². The number of hydrogen-bond donors (Lipinski definition) is 1. The van der Waals surface area contributed by atoms with Crippen molar-refractivity contribution in [2.24, 2.45) is 0 Å². The first-order valence-electron chi connectivity index (χ1n) is 5.77. The van der Waals surface area contributed by atoms with E-state index in [-0.39, 0.29) is 11.9 Å². The zero-order valence-corrected chi connectivity index (χ0v) is 10.6. The average molecular weight is 239 g/mol. The van der Waals surface area contributed by atoms with Crippen LogP contribution in [0, 0.1) is 12.7 Å². The molecular formula is C13H18FNS. The summed E-state index contributed by atoms with van der Waals surface area (Å²) in [7, 11) is 1.97. The lowest BCUT2D eigenvalue weighted by Gasteiger charge is -2.24. The molecule has 1 aliphatic heterocycles. The molecule has 1 aliphatic rings. The predicted molar refractivity (Wildman–Crippen MR) is 68.4 cm³/mol. The molecule has 1 aromatic carbocycles. The summed E-state index contributed by atoms with van der Waals surface area (Å²) in [5.41, 5.74) is 2.29. The minimum atomic E-state index is -0.135. The van der Waals surface area contributed by atoms with Crippen LogP contribution in [0.15, 0.2) is 18.2 Å². The number of hydrogen-bond acceptors (Lipinski definition) is 2. The van der Waals surface area contributed by atoms with E-state index in [1.165, 1.54) is 30.2 Å². The molecule has 88 valence electrons. The van der Waals surface area contributed by atoms with Gasteiger partial charge in [0.1, 0.15) is 5.82 Å². The lowest BCUT2D eigenvalue weighted by Crippen LogP contribution is -2.26. The van der Waals surface area contributed by atoms with Crippen LogP contribution >= 0.6 is 11.8 Å². The molecule has 1 fully saturated rings. The third-order valence-corrected chi connectivity index (χ3v) is 4.68. The minimum Gasteiger partial charge on any atom is -0.312 e. The minimum absolute atomic E-state index is 0.135. The molecule has 1 aromatic rings. The van der Waals surface area contributed by atoms with Gasteiger partial charge in [0.25, 0.3) is 0 Å². The monoisotopic (exact) mass is 239 g/mol. The summed E-state index contributed by atoms with van der Waals surface area (Å²) in [5, 5.41) is 3.93. The van der Waals surface area contributed by atoms with Crippen LogP contribution in [0.4, 0.5) is 4.39 Å². The number of thioether (sulfide) groups is 1. The number of benzene rings is 1. The van der Waals surface area contributed by atoms with E-state index < -0.39 is 0 Å². The van der Waals surface area contributed by atoms with E-state index in [2.05, 4.69) is 12.2 Å². The first-order chi connectivity index (χ1) is 7.72. The number of nitrogens with one attached hydrogen (secondary N) is 1. The van der Waals surface area contributed by atoms with Gasteiger partial charge in [0.2, 0.25) is 0 Å². The second-order valence-corrected chi connectivity index (χ2v) is 5.67. The molecule has 0 aromatic heterocycles. The molecule has 2 rings (SSSR count). The Morgan fingerprint density at radius 3 is 2.94 bits per heavy atom. The Kier molecular flexibility index (Phi) is 3.87. The van der Waals surface area contributed by atoms with Crippen molar-refractivity contribution < 1.29 is 4.39 Å². The van der Waals surface area contributed by atoms with Crippen molar-refractivity contribution in [3.8, 4) is 0 Å². The second kappa shape index (κ2) is 5.19. The zero-order chi connectivity index (χ0) is 11.5. The molecule has 0 radical (unpaired) electrons. The standard InChI is InChI=1S/C13H18FNS/c1-9-5-6-10(14)8-11(9)13(15-2)12-4-3-7-16-12/h5-6,8,12-13,15H,3-4,7H2,1-2H3. The van der Waals surface area contributed by atoms with E-state index in [0.717, 1.165) is 5.56 Å². The summed E-state index contributed by atoms with van der Waals surface area (Å²) in [6, 6.07) is 5.36. The number of halogens is 1. The normalized spacial score (nSPS) is 22.3. The third kappa shape index (κ3) is 2.41. The van der Waals surface area contributed by atoms with Gasteiger partial charge in [-0.1, -0.05) is 6.07 Å². The quantitative estimate of drug-likeness (QED) is 0.868. The topological polar surface area (TPSA) is 12.0 Å². The molecule has 2 unspecified atom stereocenters. The SMILES string of the molecule is CNC(c1cc(F)ccc1C)C1CCCS1. The zero-order valence-electron chi connectivity index (χ0n) is 9.79. The Hall–Kier alpha value is -0.540. The van der Waals surface area contributed by atoms with Gasteiger partial charge in [-0.15, -0.1) is 0 Å². The smallest absolute Gasteiger partial charge is 0.123 e. The van der Waals surface area contributed by atoms with Gasteiger partial charge >= 0.3 is 0 Å². The van der Waals surface area contributed by atoms with Crippen molar-refractivity contribution in [2.75, 3.05) is 12.8 Å². The maximum atomic E-state index is 13.3. The van der Waals surface area contributed by atoms with Crippen LogP contribution in [-0.4, -0.2) is 18.1 Å². The summed E-state index contributed by atoms with van der Waals surface area (Å²) in [5.74, 6) is 1.10. The molecule has 1 N–H and O–H groups in total. The lowest BCUT2D eigenvalue weighted by molar-refractivity contribution is 0.542. The Balaban J connectivity index is 2.28. The fourth-order valence-electron chi connectivity index (χ4n) is 2.35. The molecule has 0 aliphatic carbocycles. The Morgan fingerprint density at radius 1 is 1.50 bits per heavy atom. The van der Waals surface area contributed by atoms with Gasteiger partial charge in [-0.2, -0.15) is 11.8 Å². The van der Waals surface area contributed by atoms with Crippen molar-refractivity contribution in [3.63, 3.8) is 0 Å². The average Bonchev–Trinajstić information content (AvgIpc) is 2.78.